The van der Waals surface area contributed by atoms with Crippen LogP contribution in [0.1, 0.15) is 22.3 Å². The van der Waals surface area contributed by atoms with Crippen LogP contribution in [0.25, 0.3) is 6.08 Å². The van der Waals surface area contributed by atoms with E-state index >= 15 is 0 Å². The van der Waals surface area contributed by atoms with E-state index in [1.165, 1.54) is 6.08 Å². The van der Waals surface area contributed by atoms with Gasteiger partial charge < -0.3 is 14.8 Å². The number of nitrogens with zero attached hydrogens (tertiary/aromatic N) is 2. The third-order valence-electron chi connectivity index (χ3n) is 5.33. The van der Waals surface area contributed by atoms with Gasteiger partial charge in [-0.2, -0.15) is 5.10 Å². The molecule has 4 aromatic rings. The van der Waals surface area contributed by atoms with E-state index in [0.29, 0.717) is 24.0 Å². The second kappa shape index (κ2) is 11.4. The molecule has 35 heavy (non-hydrogen) atoms. The smallest absolute Gasteiger partial charge is 0.249 e. The Morgan fingerprint density at radius 2 is 1.91 bits per heavy atom. The lowest BCUT2D eigenvalue weighted by molar-refractivity contribution is -0.111. The van der Waals surface area contributed by atoms with Gasteiger partial charge >= 0.3 is 0 Å². The van der Waals surface area contributed by atoms with Crippen LogP contribution in [0.3, 0.4) is 0 Å². The van der Waals surface area contributed by atoms with Gasteiger partial charge in [0.15, 0.2) is 5.82 Å². The number of nitrogens with one attached hydrogen (secondary N) is 1. The molecule has 0 aliphatic heterocycles. The van der Waals surface area contributed by atoms with Gasteiger partial charge in [0.25, 0.3) is 0 Å². The lowest BCUT2D eigenvalue weighted by Crippen LogP contribution is -2.09. The summed E-state index contributed by atoms with van der Waals surface area (Å²) in [5.74, 6) is 1.75. The molecule has 0 saturated carbocycles. The molecule has 1 amide bonds. The second-order valence-corrected chi connectivity index (χ2v) is 8.41. The minimum absolute atomic E-state index is 0.272. The molecule has 0 spiro atoms. The number of aromatic nitrogens is 2. The van der Waals surface area contributed by atoms with Crippen LogP contribution in [-0.2, 0) is 17.9 Å². The summed E-state index contributed by atoms with van der Waals surface area (Å²) in [6.07, 6.45) is 5.03. The predicted molar refractivity (Wildman–Crippen MR) is 139 cm³/mol. The number of methoxy groups -OCH3 is 1. The normalized spacial score (nSPS) is 10.9. The van der Waals surface area contributed by atoms with Crippen molar-refractivity contribution in [3.05, 3.63) is 112 Å². The van der Waals surface area contributed by atoms with Gasteiger partial charge in [0.05, 0.1) is 13.7 Å². The fourth-order valence-corrected chi connectivity index (χ4v) is 3.78. The Balaban J connectivity index is 1.37. The highest BCUT2D eigenvalue weighted by Gasteiger charge is 2.07. The number of hydrogen-bond donors (Lipinski definition) is 1. The lowest BCUT2D eigenvalue weighted by atomic mass is 10.1. The molecule has 6 nitrogen and oxygen atoms in total. The maximum atomic E-state index is 12.4. The van der Waals surface area contributed by atoms with Crippen molar-refractivity contribution in [3.8, 4) is 11.5 Å². The maximum Gasteiger partial charge on any atom is 0.249 e. The van der Waals surface area contributed by atoms with Crippen LogP contribution in [0.2, 0.25) is 5.02 Å². The van der Waals surface area contributed by atoms with Crippen molar-refractivity contribution < 1.29 is 14.3 Å². The van der Waals surface area contributed by atoms with Crippen molar-refractivity contribution in [2.45, 2.75) is 20.1 Å². The van der Waals surface area contributed by atoms with Crippen molar-refractivity contribution >= 4 is 29.4 Å². The summed E-state index contributed by atoms with van der Waals surface area (Å²) in [6.45, 7) is 2.92. The van der Waals surface area contributed by atoms with Gasteiger partial charge in [-0.05, 0) is 60.0 Å². The number of anilines is 1. The van der Waals surface area contributed by atoms with E-state index < -0.39 is 0 Å². The number of rotatable bonds is 9. The molecule has 0 saturated heterocycles. The Morgan fingerprint density at radius 3 is 2.71 bits per heavy atom. The zero-order valence-electron chi connectivity index (χ0n) is 19.6. The summed E-state index contributed by atoms with van der Waals surface area (Å²) in [6, 6.07) is 22.9. The molecule has 0 aliphatic rings. The highest BCUT2D eigenvalue weighted by Crippen LogP contribution is 2.24. The number of benzene rings is 3. The summed E-state index contributed by atoms with van der Waals surface area (Å²) in [5.41, 5.74) is 3.84. The van der Waals surface area contributed by atoms with E-state index in [0.717, 1.165) is 33.8 Å². The molecular weight excluding hydrogens is 462 g/mol. The molecule has 0 unspecified atom stereocenters. The van der Waals surface area contributed by atoms with E-state index in [1.807, 2.05) is 79.9 Å². The average Bonchev–Trinajstić information content (AvgIpc) is 3.28. The number of para-hydroxylation sites is 1. The van der Waals surface area contributed by atoms with Crippen LogP contribution in [0.4, 0.5) is 5.82 Å². The molecule has 178 valence electrons. The summed E-state index contributed by atoms with van der Waals surface area (Å²) >= 11 is 6.04. The van der Waals surface area contributed by atoms with Gasteiger partial charge in [-0.25, -0.2) is 0 Å². The first-order chi connectivity index (χ1) is 17.0. The van der Waals surface area contributed by atoms with E-state index in [2.05, 4.69) is 10.4 Å². The Bertz CT molecular complexity index is 1350. The van der Waals surface area contributed by atoms with Crippen LogP contribution < -0.4 is 14.8 Å². The molecule has 1 N–H and O–H groups in total. The molecule has 7 heteroatoms. The largest absolute Gasteiger partial charge is 0.496 e. The highest BCUT2D eigenvalue weighted by atomic mass is 35.5. The van der Waals surface area contributed by atoms with E-state index in [4.69, 9.17) is 21.1 Å². The molecule has 3 aromatic carbocycles. The predicted octanol–water partition coefficient (Wildman–Crippen LogP) is 6.13. The van der Waals surface area contributed by atoms with Gasteiger partial charge in [0, 0.05) is 28.9 Å². The second-order valence-electron chi connectivity index (χ2n) is 7.98. The molecule has 0 atom stereocenters. The number of amides is 1. The first-order valence-corrected chi connectivity index (χ1v) is 11.5. The lowest BCUT2D eigenvalue weighted by Gasteiger charge is -2.12. The van der Waals surface area contributed by atoms with Crippen molar-refractivity contribution in [3.63, 3.8) is 0 Å². The Kier molecular flexibility index (Phi) is 7.85. The number of carbonyl (C=O) groups is 1. The quantitative estimate of drug-likeness (QED) is 0.288. The van der Waals surface area contributed by atoms with Crippen molar-refractivity contribution in [2.75, 3.05) is 12.4 Å². The first-order valence-electron chi connectivity index (χ1n) is 11.1. The van der Waals surface area contributed by atoms with Gasteiger partial charge in [-0.15, -0.1) is 0 Å². The third kappa shape index (κ3) is 6.74. The Hall–Kier alpha value is -4.03. The van der Waals surface area contributed by atoms with Gasteiger partial charge in [-0.3, -0.25) is 9.48 Å². The number of carbonyl (C=O) groups excluding carboxylic acids is 1. The molecule has 0 aliphatic carbocycles. The number of ether oxygens (including phenoxy) is 2. The SMILES string of the molecule is COc1ccc(/C=C/C(=O)Nc2ccn(Cc3cccc(Cl)c3)n2)cc1COc1ccccc1C. The van der Waals surface area contributed by atoms with Crippen molar-refractivity contribution in [2.24, 2.45) is 0 Å². The van der Waals surface area contributed by atoms with E-state index in [1.54, 1.807) is 23.9 Å². The molecule has 0 bridgehead atoms. The summed E-state index contributed by atoms with van der Waals surface area (Å²) in [4.78, 5) is 12.4. The topological polar surface area (TPSA) is 65.4 Å². The minimum Gasteiger partial charge on any atom is -0.496 e. The molecule has 1 heterocycles. The zero-order valence-corrected chi connectivity index (χ0v) is 20.3. The fourth-order valence-electron chi connectivity index (χ4n) is 3.57. The van der Waals surface area contributed by atoms with E-state index in [-0.39, 0.29) is 5.91 Å². The maximum absolute atomic E-state index is 12.4. The van der Waals surface area contributed by atoms with Gasteiger partial charge in [0.2, 0.25) is 5.91 Å². The van der Waals surface area contributed by atoms with Crippen molar-refractivity contribution in [1.29, 1.82) is 0 Å². The van der Waals surface area contributed by atoms with Crippen LogP contribution in [-0.4, -0.2) is 22.8 Å². The van der Waals surface area contributed by atoms with Crippen LogP contribution >= 0.6 is 11.6 Å². The summed E-state index contributed by atoms with van der Waals surface area (Å²) in [7, 11) is 1.63. The minimum atomic E-state index is -0.272. The number of halogens is 1. The molecule has 0 radical (unpaired) electrons. The molecule has 0 fully saturated rings. The Labute approximate surface area is 209 Å². The highest BCUT2D eigenvalue weighted by molar-refractivity contribution is 6.30. The number of aryl methyl sites for hydroxylation is 1. The average molecular weight is 488 g/mol. The third-order valence-corrected chi connectivity index (χ3v) is 5.57. The standard InChI is InChI=1S/C28H26ClN3O3/c1-20-6-3-4-9-25(20)35-19-23-16-21(10-12-26(23)34-2)11-13-28(33)30-27-14-15-32(31-27)18-22-7-5-8-24(29)17-22/h3-17H,18-19H2,1-2H3,(H,30,31,33)/b13-11+. The summed E-state index contributed by atoms with van der Waals surface area (Å²) in [5, 5.41) is 7.87. The van der Waals surface area contributed by atoms with Crippen LogP contribution in [0.5, 0.6) is 11.5 Å². The Morgan fingerprint density at radius 1 is 1.06 bits per heavy atom. The fraction of sp³-hybridized carbons (Fsp3) is 0.143. The monoisotopic (exact) mass is 487 g/mol. The molecule has 4 rings (SSSR count). The summed E-state index contributed by atoms with van der Waals surface area (Å²) < 4.78 is 13.2. The van der Waals surface area contributed by atoms with Gasteiger partial charge in [0.1, 0.15) is 18.1 Å². The zero-order chi connectivity index (χ0) is 24.6. The van der Waals surface area contributed by atoms with Crippen LogP contribution in [0, 0.1) is 6.92 Å². The van der Waals surface area contributed by atoms with Crippen LogP contribution in [0.15, 0.2) is 85.1 Å². The molecule has 1 aromatic heterocycles. The van der Waals surface area contributed by atoms with E-state index in [9.17, 15) is 4.79 Å². The number of hydrogen-bond acceptors (Lipinski definition) is 4. The first kappa shape index (κ1) is 24.1. The van der Waals surface area contributed by atoms with Crippen molar-refractivity contribution in [1.82, 2.24) is 9.78 Å². The molecular formula is C28H26ClN3O3. The van der Waals surface area contributed by atoms with Gasteiger partial charge in [-0.1, -0.05) is 48.0 Å².